The maximum Gasteiger partial charge on any atom is 0.145 e. The van der Waals surface area contributed by atoms with Crippen LogP contribution >= 0.6 is 11.6 Å². The van der Waals surface area contributed by atoms with E-state index in [-0.39, 0.29) is 23.4 Å². The van der Waals surface area contributed by atoms with Crippen molar-refractivity contribution in [3.8, 4) is 0 Å². The van der Waals surface area contributed by atoms with Gasteiger partial charge in [-0.1, -0.05) is 26.8 Å². The molecule has 1 aliphatic heterocycles. The van der Waals surface area contributed by atoms with Crippen molar-refractivity contribution in [1.29, 1.82) is 0 Å². The zero-order valence-electron chi connectivity index (χ0n) is 16.9. The van der Waals surface area contributed by atoms with Gasteiger partial charge in [-0.05, 0) is 53.2 Å². The summed E-state index contributed by atoms with van der Waals surface area (Å²) in [6, 6.07) is 0. The SMILES string of the molecule is COCc1occ2c1CCC1(C)C3=CC(Cl)C(O)(C(C)C)C(O)C34OC4CC21. The first-order valence-electron chi connectivity index (χ1n) is 10.2. The van der Waals surface area contributed by atoms with Crippen molar-refractivity contribution in [3.63, 3.8) is 0 Å². The van der Waals surface area contributed by atoms with Gasteiger partial charge in [-0.3, -0.25) is 0 Å². The highest BCUT2D eigenvalue weighted by atomic mass is 35.5. The van der Waals surface area contributed by atoms with Crippen LogP contribution in [-0.2, 0) is 22.5 Å². The summed E-state index contributed by atoms with van der Waals surface area (Å²) in [5, 5.41) is 21.9. The maximum absolute atomic E-state index is 11.3. The molecule has 5 nitrogen and oxygen atoms in total. The van der Waals surface area contributed by atoms with Gasteiger partial charge in [-0.15, -0.1) is 11.6 Å². The van der Waals surface area contributed by atoms with Gasteiger partial charge in [-0.2, -0.15) is 0 Å². The molecule has 1 saturated heterocycles. The summed E-state index contributed by atoms with van der Waals surface area (Å²) in [7, 11) is 1.68. The van der Waals surface area contributed by atoms with E-state index >= 15 is 0 Å². The van der Waals surface area contributed by atoms with Crippen LogP contribution in [0, 0.1) is 11.3 Å². The molecule has 154 valence electrons. The van der Waals surface area contributed by atoms with Gasteiger partial charge >= 0.3 is 0 Å². The Morgan fingerprint density at radius 3 is 2.82 bits per heavy atom. The number of rotatable bonds is 3. The van der Waals surface area contributed by atoms with Crippen LogP contribution in [0.4, 0.5) is 0 Å². The lowest BCUT2D eigenvalue weighted by molar-refractivity contribution is -0.134. The van der Waals surface area contributed by atoms with Crippen LogP contribution in [-0.4, -0.2) is 46.1 Å². The van der Waals surface area contributed by atoms with Crippen molar-refractivity contribution in [1.82, 2.24) is 0 Å². The fraction of sp³-hybridized carbons (Fsp3) is 0.727. The molecule has 2 N–H and O–H groups in total. The Labute approximate surface area is 170 Å². The molecule has 28 heavy (non-hydrogen) atoms. The Morgan fingerprint density at radius 1 is 1.39 bits per heavy atom. The van der Waals surface area contributed by atoms with Crippen LogP contribution in [0.15, 0.2) is 22.3 Å². The van der Waals surface area contributed by atoms with E-state index in [1.54, 1.807) is 7.11 Å². The molecule has 0 radical (unpaired) electrons. The Morgan fingerprint density at radius 2 is 2.14 bits per heavy atom. The molecule has 2 heterocycles. The molecule has 0 bridgehead atoms. The van der Waals surface area contributed by atoms with E-state index in [0.717, 1.165) is 30.6 Å². The Kier molecular flexibility index (Phi) is 4.00. The fourth-order valence-electron chi connectivity index (χ4n) is 6.32. The van der Waals surface area contributed by atoms with Gasteiger partial charge in [0.2, 0.25) is 0 Å². The predicted molar refractivity (Wildman–Crippen MR) is 104 cm³/mol. The minimum Gasteiger partial charge on any atom is -0.466 e. The second-order valence-electron chi connectivity index (χ2n) is 9.56. The van der Waals surface area contributed by atoms with Crippen LogP contribution in [0.2, 0.25) is 0 Å². The monoisotopic (exact) mass is 408 g/mol. The molecular formula is C22H29ClO5. The largest absolute Gasteiger partial charge is 0.466 e. The Bertz CT molecular complexity index is 846. The lowest BCUT2D eigenvalue weighted by atomic mass is 9.50. The molecule has 1 saturated carbocycles. The first-order valence-corrected chi connectivity index (χ1v) is 10.7. The minimum atomic E-state index is -1.40. The quantitative estimate of drug-likeness (QED) is 0.456. The molecule has 0 amide bonds. The predicted octanol–water partition coefficient (Wildman–Crippen LogP) is 3.30. The topological polar surface area (TPSA) is 75.4 Å². The standard InChI is InChI=1S/C22H29ClO5/c1-11(2)21(25)17(23)8-16-20(3)6-5-12-13(9-27-15(12)10-26-4)14(20)7-18-22(16,28-18)19(21)24/h8-9,11,14,17-19,24-25H,5-7,10H2,1-4H3. The van der Waals surface area contributed by atoms with E-state index in [2.05, 4.69) is 6.92 Å². The van der Waals surface area contributed by atoms with Crippen molar-refractivity contribution in [2.45, 2.75) is 81.3 Å². The van der Waals surface area contributed by atoms with Gasteiger partial charge in [0.15, 0.2) is 0 Å². The number of epoxide rings is 1. The van der Waals surface area contributed by atoms with Gasteiger partial charge in [-0.25, -0.2) is 0 Å². The average molecular weight is 409 g/mol. The van der Waals surface area contributed by atoms with E-state index in [1.807, 2.05) is 26.2 Å². The third-order valence-electron chi connectivity index (χ3n) is 8.10. The third kappa shape index (κ3) is 2.07. The summed E-state index contributed by atoms with van der Waals surface area (Å²) in [5.74, 6) is 0.977. The van der Waals surface area contributed by atoms with Gasteiger partial charge in [0.1, 0.15) is 29.7 Å². The molecule has 0 aromatic carbocycles. The Balaban J connectivity index is 1.61. The van der Waals surface area contributed by atoms with Crippen LogP contribution < -0.4 is 0 Å². The van der Waals surface area contributed by atoms with Gasteiger partial charge < -0.3 is 24.1 Å². The molecule has 4 aliphatic rings. The number of methoxy groups -OCH3 is 1. The van der Waals surface area contributed by atoms with Gasteiger partial charge in [0, 0.05) is 7.11 Å². The maximum atomic E-state index is 11.3. The fourth-order valence-corrected chi connectivity index (χ4v) is 6.81. The smallest absolute Gasteiger partial charge is 0.145 e. The van der Waals surface area contributed by atoms with Gasteiger partial charge in [0.25, 0.3) is 0 Å². The number of furan rings is 1. The van der Waals surface area contributed by atoms with Crippen molar-refractivity contribution in [3.05, 3.63) is 34.8 Å². The minimum absolute atomic E-state index is 0.104. The van der Waals surface area contributed by atoms with Crippen molar-refractivity contribution in [2.75, 3.05) is 7.11 Å². The number of hydrogen-bond donors (Lipinski definition) is 2. The van der Waals surface area contributed by atoms with Gasteiger partial charge in [0.05, 0.1) is 17.7 Å². The molecule has 2 fully saturated rings. The summed E-state index contributed by atoms with van der Waals surface area (Å²) >= 11 is 6.68. The molecule has 7 unspecified atom stereocenters. The second-order valence-corrected chi connectivity index (χ2v) is 10.0. The Hall–Kier alpha value is -0.850. The van der Waals surface area contributed by atoms with Crippen LogP contribution in [0.25, 0.3) is 0 Å². The van der Waals surface area contributed by atoms with E-state index in [4.69, 9.17) is 25.5 Å². The summed E-state index contributed by atoms with van der Waals surface area (Å²) < 4.78 is 17.3. The highest BCUT2D eigenvalue weighted by molar-refractivity contribution is 6.23. The zero-order chi connectivity index (χ0) is 20.1. The molecular weight excluding hydrogens is 380 g/mol. The number of fused-ring (bicyclic) bond motifs is 4. The number of aliphatic hydroxyl groups is 2. The summed E-state index contributed by atoms with van der Waals surface area (Å²) in [6.07, 6.45) is 5.37. The first kappa shape index (κ1) is 19.1. The van der Waals surface area contributed by atoms with Crippen LogP contribution in [0.3, 0.4) is 0 Å². The number of aliphatic hydroxyl groups excluding tert-OH is 1. The third-order valence-corrected chi connectivity index (χ3v) is 8.57. The lowest BCUT2D eigenvalue weighted by Gasteiger charge is -2.54. The normalized spacial score (nSPS) is 46.4. The van der Waals surface area contributed by atoms with Crippen molar-refractivity contribution >= 4 is 11.6 Å². The van der Waals surface area contributed by atoms with Crippen molar-refractivity contribution < 1.29 is 24.1 Å². The molecule has 1 aromatic rings. The lowest BCUT2D eigenvalue weighted by Crippen LogP contribution is -2.65. The van der Waals surface area contributed by atoms with Crippen LogP contribution in [0.1, 0.15) is 56.4 Å². The average Bonchev–Trinajstić information content (AvgIpc) is 3.24. The highest BCUT2D eigenvalue weighted by Crippen LogP contribution is 2.70. The number of alkyl halides is 1. The zero-order valence-corrected chi connectivity index (χ0v) is 17.6. The second kappa shape index (κ2) is 5.86. The molecule has 1 spiro atoms. The summed E-state index contributed by atoms with van der Waals surface area (Å²) in [5.41, 5.74) is 1.18. The molecule has 5 rings (SSSR count). The van der Waals surface area contributed by atoms with Crippen LogP contribution in [0.5, 0.6) is 0 Å². The number of ether oxygens (including phenoxy) is 2. The van der Waals surface area contributed by atoms with E-state index in [0.29, 0.717) is 6.61 Å². The van der Waals surface area contributed by atoms with Crippen molar-refractivity contribution in [2.24, 2.45) is 11.3 Å². The van der Waals surface area contributed by atoms with E-state index in [9.17, 15) is 10.2 Å². The highest BCUT2D eigenvalue weighted by Gasteiger charge is 2.77. The van der Waals surface area contributed by atoms with E-state index < -0.39 is 22.7 Å². The summed E-state index contributed by atoms with van der Waals surface area (Å²) in [6.45, 7) is 6.53. The molecule has 1 aromatic heterocycles. The number of hydrogen-bond acceptors (Lipinski definition) is 5. The van der Waals surface area contributed by atoms with E-state index in [1.165, 1.54) is 11.1 Å². The first-order chi connectivity index (χ1) is 13.2. The number of halogens is 1. The molecule has 6 heteroatoms. The summed E-state index contributed by atoms with van der Waals surface area (Å²) in [4.78, 5) is 0. The molecule has 7 atom stereocenters. The molecule has 3 aliphatic carbocycles.